The lowest BCUT2D eigenvalue weighted by Gasteiger charge is -2.05. The molecule has 9 nitrogen and oxygen atoms in total. The number of hydrogen-bond acceptors (Lipinski definition) is 6. The summed E-state index contributed by atoms with van der Waals surface area (Å²) < 4.78 is 0. The van der Waals surface area contributed by atoms with Gasteiger partial charge in [-0.25, -0.2) is 14.9 Å². The van der Waals surface area contributed by atoms with E-state index in [0.717, 1.165) is 0 Å². The van der Waals surface area contributed by atoms with Gasteiger partial charge in [-0.1, -0.05) is 0 Å². The van der Waals surface area contributed by atoms with Crippen molar-refractivity contribution >= 4 is 11.5 Å². The average molecular weight is 250 g/mol. The molecule has 0 spiro atoms. The highest BCUT2D eigenvalue weighted by Crippen LogP contribution is 2.25. The van der Waals surface area contributed by atoms with E-state index in [9.17, 15) is 14.9 Å². The normalized spacial score (nSPS) is 10.3. The zero-order chi connectivity index (χ0) is 13.1. The topological polar surface area (TPSA) is 130 Å². The van der Waals surface area contributed by atoms with Gasteiger partial charge in [0.2, 0.25) is 5.82 Å². The molecule has 0 unspecified atom stereocenters. The zero-order valence-corrected chi connectivity index (χ0v) is 9.43. The maximum absolute atomic E-state index is 10.9. The van der Waals surface area contributed by atoms with Crippen molar-refractivity contribution in [1.82, 2.24) is 20.2 Å². The first-order chi connectivity index (χ1) is 8.58. The summed E-state index contributed by atoms with van der Waals surface area (Å²) in [5.74, 6) is 0.487. The van der Waals surface area contributed by atoms with Crippen molar-refractivity contribution < 1.29 is 4.92 Å². The Bertz CT molecular complexity index is 631. The third-order valence-electron chi connectivity index (χ3n) is 2.28. The number of nitrogens with zero attached hydrogens (tertiary/aromatic N) is 3. The molecule has 0 fully saturated rings. The number of aromatic amines is 2. The van der Waals surface area contributed by atoms with Crippen LogP contribution in [0.4, 0.5) is 11.5 Å². The van der Waals surface area contributed by atoms with Crippen LogP contribution in [0.5, 0.6) is 0 Å². The maximum atomic E-state index is 10.9. The molecule has 0 saturated heterocycles. The highest BCUT2D eigenvalue weighted by molar-refractivity contribution is 5.59. The van der Waals surface area contributed by atoms with Gasteiger partial charge in [0.1, 0.15) is 5.82 Å². The van der Waals surface area contributed by atoms with Gasteiger partial charge in [-0.3, -0.25) is 15.1 Å². The molecule has 0 atom stereocenters. The molecule has 9 heteroatoms. The second kappa shape index (κ2) is 4.65. The van der Waals surface area contributed by atoms with Crippen molar-refractivity contribution in [3.8, 4) is 0 Å². The highest BCUT2D eigenvalue weighted by atomic mass is 16.6. The van der Waals surface area contributed by atoms with Gasteiger partial charge in [-0.05, 0) is 13.0 Å². The van der Waals surface area contributed by atoms with Crippen LogP contribution < -0.4 is 11.0 Å². The molecule has 0 bridgehead atoms. The Hall–Kier alpha value is -2.71. The summed E-state index contributed by atoms with van der Waals surface area (Å²) in [5.41, 5.74) is -0.0121. The summed E-state index contributed by atoms with van der Waals surface area (Å²) in [6, 6.07) is 1.56. The van der Waals surface area contributed by atoms with Crippen LogP contribution in [0.15, 0.2) is 17.1 Å². The lowest BCUT2D eigenvalue weighted by molar-refractivity contribution is -0.384. The van der Waals surface area contributed by atoms with E-state index in [1.54, 1.807) is 13.0 Å². The fourth-order valence-corrected chi connectivity index (χ4v) is 1.47. The lowest BCUT2D eigenvalue weighted by atomic mass is 10.2. The minimum Gasteiger partial charge on any atom is -0.357 e. The van der Waals surface area contributed by atoms with E-state index in [-0.39, 0.29) is 18.1 Å². The van der Waals surface area contributed by atoms with Gasteiger partial charge in [0.15, 0.2) is 0 Å². The number of H-pyrrole nitrogens is 2. The van der Waals surface area contributed by atoms with Crippen LogP contribution in [-0.2, 0) is 6.54 Å². The smallest absolute Gasteiger partial charge is 0.340 e. The Labute approximate surface area is 100 Å². The van der Waals surface area contributed by atoms with Crippen LogP contribution in [0.1, 0.15) is 11.4 Å². The molecule has 0 radical (unpaired) electrons. The molecule has 2 rings (SSSR count). The molecule has 0 aliphatic rings. The summed E-state index contributed by atoms with van der Waals surface area (Å²) in [5, 5.41) is 19.5. The number of rotatable bonds is 4. The van der Waals surface area contributed by atoms with Crippen molar-refractivity contribution in [2.75, 3.05) is 5.32 Å². The van der Waals surface area contributed by atoms with Crippen LogP contribution in [0.2, 0.25) is 0 Å². The van der Waals surface area contributed by atoms with Crippen LogP contribution in [0, 0.1) is 17.0 Å². The van der Waals surface area contributed by atoms with E-state index in [1.165, 1.54) is 6.20 Å². The van der Waals surface area contributed by atoms with Gasteiger partial charge in [0, 0.05) is 11.8 Å². The van der Waals surface area contributed by atoms with Crippen molar-refractivity contribution in [1.29, 1.82) is 0 Å². The fourth-order valence-electron chi connectivity index (χ4n) is 1.47. The molecule has 0 aliphatic carbocycles. The molecule has 0 aromatic carbocycles. The molecule has 0 saturated carbocycles. The largest absolute Gasteiger partial charge is 0.357 e. The molecule has 3 N–H and O–H groups in total. The average Bonchev–Trinajstić information content (AvgIpc) is 2.72. The molecule has 0 amide bonds. The molecule has 2 aromatic rings. The fraction of sp³-hybridized carbons (Fsp3) is 0.222. The van der Waals surface area contributed by atoms with Crippen LogP contribution in [0.25, 0.3) is 0 Å². The van der Waals surface area contributed by atoms with E-state index < -0.39 is 10.6 Å². The number of hydrogen-bond donors (Lipinski definition) is 3. The van der Waals surface area contributed by atoms with Gasteiger partial charge in [0.05, 0.1) is 11.5 Å². The number of nitro groups is 1. The summed E-state index contributed by atoms with van der Waals surface area (Å²) in [6.07, 6.45) is 1.47. The number of aromatic nitrogens is 4. The minimum absolute atomic E-state index is 0.0876. The number of nitrogens with one attached hydrogen (secondary N) is 3. The van der Waals surface area contributed by atoms with E-state index in [0.29, 0.717) is 11.4 Å². The molecule has 2 heterocycles. The van der Waals surface area contributed by atoms with Gasteiger partial charge in [-0.2, -0.15) is 5.10 Å². The second-order valence-corrected chi connectivity index (χ2v) is 3.56. The van der Waals surface area contributed by atoms with Gasteiger partial charge in [0.25, 0.3) is 0 Å². The van der Waals surface area contributed by atoms with Crippen LogP contribution in [-0.4, -0.2) is 25.1 Å². The Kier molecular flexibility index (Phi) is 3.04. The third kappa shape index (κ3) is 2.34. The second-order valence-electron chi connectivity index (χ2n) is 3.56. The van der Waals surface area contributed by atoms with Crippen LogP contribution >= 0.6 is 0 Å². The lowest BCUT2D eigenvalue weighted by Crippen LogP contribution is -2.08. The zero-order valence-electron chi connectivity index (χ0n) is 9.43. The molecular formula is C9H10N6O3. The first-order valence-electron chi connectivity index (χ1n) is 5.05. The van der Waals surface area contributed by atoms with Crippen molar-refractivity contribution in [3.05, 3.63) is 44.2 Å². The summed E-state index contributed by atoms with van der Waals surface area (Å²) in [4.78, 5) is 27.5. The monoisotopic (exact) mass is 250 g/mol. The quantitative estimate of drug-likeness (QED) is 0.529. The van der Waals surface area contributed by atoms with E-state index in [4.69, 9.17) is 0 Å². The first-order valence-corrected chi connectivity index (χ1v) is 5.05. The summed E-state index contributed by atoms with van der Waals surface area (Å²) in [6.45, 7) is 1.76. The minimum atomic E-state index is -0.502. The number of aryl methyl sites for hydroxylation is 1. The van der Waals surface area contributed by atoms with Gasteiger partial charge in [-0.15, -0.1) is 0 Å². The predicted molar refractivity (Wildman–Crippen MR) is 62.2 cm³/mol. The Morgan fingerprint density at radius 3 is 2.94 bits per heavy atom. The molecule has 0 aliphatic heterocycles. The van der Waals surface area contributed by atoms with Gasteiger partial charge >= 0.3 is 11.4 Å². The van der Waals surface area contributed by atoms with Crippen molar-refractivity contribution in [3.63, 3.8) is 0 Å². The van der Waals surface area contributed by atoms with E-state index in [1.807, 2.05) is 0 Å². The Morgan fingerprint density at radius 2 is 2.33 bits per heavy atom. The molecular weight excluding hydrogens is 240 g/mol. The maximum Gasteiger partial charge on any atom is 0.340 e. The molecule has 94 valence electrons. The Morgan fingerprint density at radius 1 is 1.56 bits per heavy atom. The van der Waals surface area contributed by atoms with E-state index >= 15 is 0 Å². The third-order valence-corrected chi connectivity index (χ3v) is 2.28. The summed E-state index contributed by atoms with van der Waals surface area (Å²) in [7, 11) is 0. The number of anilines is 1. The predicted octanol–water partition coefficient (Wildman–Crippen LogP) is 0.322. The van der Waals surface area contributed by atoms with E-state index in [2.05, 4.69) is 25.5 Å². The van der Waals surface area contributed by atoms with Crippen molar-refractivity contribution in [2.24, 2.45) is 0 Å². The molecule has 2 aromatic heterocycles. The number of pyridine rings is 1. The SMILES string of the molecule is Cc1ccnc(NCc2n[nH]c(=O)[nH]2)c1[N+](=O)[O-]. The molecule has 18 heavy (non-hydrogen) atoms. The summed E-state index contributed by atoms with van der Waals surface area (Å²) >= 11 is 0. The first kappa shape index (κ1) is 11.8. The standard InChI is InChI=1S/C9H10N6O3/c1-5-2-3-10-8(7(5)15(17)18)11-4-6-12-9(16)14-13-6/h2-3H,4H2,1H3,(H,10,11)(H2,12,13,14,16). The highest BCUT2D eigenvalue weighted by Gasteiger charge is 2.18. The van der Waals surface area contributed by atoms with Gasteiger partial charge < -0.3 is 5.32 Å². The van der Waals surface area contributed by atoms with Crippen molar-refractivity contribution in [2.45, 2.75) is 13.5 Å². The van der Waals surface area contributed by atoms with Crippen LogP contribution in [0.3, 0.4) is 0 Å². The Balaban J connectivity index is 2.21.